The van der Waals surface area contributed by atoms with Gasteiger partial charge in [-0.3, -0.25) is 0 Å². The second-order valence-electron chi connectivity index (χ2n) is 1.92. The fourth-order valence-corrected chi connectivity index (χ4v) is 1.09. The van der Waals surface area contributed by atoms with E-state index in [1.54, 1.807) is 7.11 Å². The topological polar surface area (TPSA) is 9.23 Å². The highest BCUT2D eigenvalue weighted by Gasteiger charge is 1.94. The Morgan fingerprint density at radius 2 is 2.09 bits per heavy atom. The summed E-state index contributed by atoms with van der Waals surface area (Å²) < 4.78 is 7.89. The fourth-order valence-electron chi connectivity index (χ4n) is 0.799. The molecule has 0 fully saturated rings. The summed E-state index contributed by atoms with van der Waals surface area (Å²) >= 11 is 2.01. The lowest BCUT2D eigenvalue weighted by Crippen LogP contribution is -1.85. The first kappa shape index (κ1) is 8.41. The van der Waals surface area contributed by atoms with Crippen LogP contribution in [0.4, 0.5) is 0 Å². The minimum Gasteiger partial charge on any atom is -0.495 e. The van der Waals surface area contributed by atoms with E-state index in [1.807, 2.05) is 46.9 Å². The number of hydrogen-bond acceptors (Lipinski definition) is 1. The molecule has 0 spiro atoms. The molecule has 0 N–H and O–H groups in total. The highest BCUT2D eigenvalue weighted by Crippen LogP contribution is 2.15. The predicted octanol–water partition coefficient (Wildman–Crippen LogP) is 2.44. The molecule has 2 heteroatoms. The van der Waals surface area contributed by atoms with Gasteiger partial charge in [0.15, 0.2) is 0 Å². The first-order valence-corrected chi connectivity index (χ1v) is 4.21. The molecular formula is C9H7IO. The number of methoxy groups -OCH3 is 1. The molecule has 0 amide bonds. The Morgan fingerprint density at radius 1 is 1.36 bits per heavy atom. The number of halogens is 1. The summed E-state index contributed by atoms with van der Waals surface area (Å²) in [5.41, 5.74) is 0.935. The molecule has 0 bridgehead atoms. The monoisotopic (exact) mass is 258 g/mol. The van der Waals surface area contributed by atoms with Crippen LogP contribution in [0.3, 0.4) is 0 Å². The molecule has 56 valence electrons. The summed E-state index contributed by atoms with van der Waals surface area (Å²) in [4.78, 5) is 0. The molecule has 0 aliphatic heterocycles. The first-order chi connectivity index (χ1) is 5.38. The van der Waals surface area contributed by atoms with Crippen molar-refractivity contribution < 1.29 is 4.74 Å². The molecular weight excluding hydrogens is 251 g/mol. The molecule has 1 aromatic rings. The lowest BCUT2D eigenvalue weighted by molar-refractivity contribution is 0.413. The molecule has 0 saturated heterocycles. The summed E-state index contributed by atoms with van der Waals surface area (Å²) in [6, 6.07) is 7.71. The second-order valence-corrected chi connectivity index (χ2v) is 2.46. The van der Waals surface area contributed by atoms with Crippen molar-refractivity contribution in [1.82, 2.24) is 0 Å². The van der Waals surface area contributed by atoms with Crippen LogP contribution in [0.25, 0.3) is 0 Å². The fraction of sp³-hybridized carbons (Fsp3) is 0.111. The average molecular weight is 258 g/mol. The van der Waals surface area contributed by atoms with E-state index >= 15 is 0 Å². The zero-order chi connectivity index (χ0) is 8.10. The minimum atomic E-state index is 0.830. The van der Waals surface area contributed by atoms with Gasteiger partial charge >= 0.3 is 0 Å². The summed E-state index contributed by atoms with van der Waals surface area (Å²) in [5, 5.41) is 0. The van der Waals surface area contributed by atoms with Crippen molar-refractivity contribution in [3.05, 3.63) is 29.8 Å². The van der Waals surface area contributed by atoms with Crippen molar-refractivity contribution in [1.29, 1.82) is 0 Å². The molecule has 0 aliphatic rings. The van der Waals surface area contributed by atoms with Crippen LogP contribution in [0.1, 0.15) is 5.56 Å². The zero-order valence-electron chi connectivity index (χ0n) is 6.10. The van der Waals surface area contributed by atoms with Gasteiger partial charge in [0, 0.05) is 22.6 Å². The van der Waals surface area contributed by atoms with E-state index in [9.17, 15) is 0 Å². The Bertz CT molecular complexity index is 296. The van der Waals surface area contributed by atoms with Gasteiger partial charge in [0.25, 0.3) is 0 Å². The molecule has 1 nitrogen and oxygen atoms in total. The minimum absolute atomic E-state index is 0.830. The van der Waals surface area contributed by atoms with Crippen LogP contribution in [0.2, 0.25) is 0 Å². The molecule has 0 saturated carbocycles. The van der Waals surface area contributed by atoms with E-state index in [0.717, 1.165) is 11.3 Å². The Kier molecular flexibility index (Phi) is 3.24. The van der Waals surface area contributed by atoms with Crippen LogP contribution in [0.5, 0.6) is 5.75 Å². The Labute approximate surface area is 79.9 Å². The van der Waals surface area contributed by atoms with Crippen molar-refractivity contribution in [3.8, 4) is 15.6 Å². The van der Waals surface area contributed by atoms with Crippen LogP contribution < -0.4 is 4.74 Å². The third-order valence-corrected chi connectivity index (χ3v) is 1.56. The largest absolute Gasteiger partial charge is 0.495 e. The van der Waals surface area contributed by atoms with Crippen molar-refractivity contribution in [2.24, 2.45) is 0 Å². The molecule has 0 aromatic heterocycles. The quantitative estimate of drug-likeness (QED) is 0.555. The maximum Gasteiger partial charge on any atom is 0.134 e. The lowest BCUT2D eigenvalue weighted by atomic mass is 10.2. The van der Waals surface area contributed by atoms with Crippen molar-refractivity contribution in [2.75, 3.05) is 7.11 Å². The Balaban J connectivity index is 3.09. The Hall–Kier alpha value is -0.690. The highest BCUT2D eigenvalue weighted by atomic mass is 127. The number of hydrogen-bond donors (Lipinski definition) is 0. The van der Waals surface area contributed by atoms with E-state index in [-0.39, 0.29) is 0 Å². The standard InChI is InChI=1S/C9H7IO/c1-11-9-5-3-2-4-8(9)6-7-10/h2-5H,1H3. The van der Waals surface area contributed by atoms with E-state index in [4.69, 9.17) is 4.74 Å². The molecule has 0 unspecified atom stereocenters. The van der Waals surface area contributed by atoms with Gasteiger partial charge in [-0.25, -0.2) is 0 Å². The molecule has 11 heavy (non-hydrogen) atoms. The molecule has 0 aliphatic carbocycles. The Morgan fingerprint density at radius 3 is 2.73 bits per heavy atom. The number of benzene rings is 1. The molecule has 0 atom stereocenters. The summed E-state index contributed by atoms with van der Waals surface area (Å²) in [6.07, 6.45) is 0. The molecule has 0 radical (unpaired) electrons. The predicted molar refractivity (Wildman–Crippen MR) is 53.9 cm³/mol. The van der Waals surface area contributed by atoms with E-state index < -0.39 is 0 Å². The average Bonchev–Trinajstić information content (AvgIpc) is 2.06. The van der Waals surface area contributed by atoms with Gasteiger partial charge in [-0.1, -0.05) is 18.1 Å². The van der Waals surface area contributed by atoms with Gasteiger partial charge in [-0.2, -0.15) is 0 Å². The van der Waals surface area contributed by atoms with Crippen molar-refractivity contribution in [2.45, 2.75) is 0 Å². The van der Waals surface area contributed by atoms with Gasteiger partial charge in [0.1, 0.15) is 5.75 Å². The van der Waals surface area contributed by atoms with Crippen molar-refractivity contribution in [3.63, 3.8) is 0 Å². The van der Waals surface area contributed by atoms with E-state index in [0.29, 0.717) is 0 Å². The SMILES string of the molecule is COc1ccccc1C#CI. The number of para-hydroxylation sites is 1. The third kappa shape index (κ3) is 2.12. The maximum atomic E-state index is 5.09. The summed E-state index contributed by atoms with van der Waals surface area (Å²) in [7, 11) is 1.65. The van der Waals surface area contributed by atoms with E-state index in [2.05, 4.69) is 9.85 Å². The van der Waals surface area contributed by atoms with Crippen LogP contribution in [-0.4, -0.2) is 7.11 Å². The molecule has 1 aromatic carbocycles. The van der Waals surface area contributed by atoms with Crippen LogP contribution in [-0.2, 0) is 0 Å². The summed E-state index contributed by atoms with van der Waals surface area (Å²) in [5.74, 6) is 3.77. The van der Waals surface area contributed by atoms with Gasteiger partial charge in [0.2, 0.25) is 0 Å². The van der Waals surface area contributed by atoms with Gasteiger partial charge in [0.05, 0.1) is 12.7 Å². The second kappa shape index (κ2) is 4.24. The zero-order valence-corrected chi connectivity index (χ0v) is 8.25. The molecule has 0 heterocycles. The molecule has 1 rings (SSSR count). The summed E-state index contributed by atoms with van der Waals surface area (Å²) in [6.45, 7) is 0. The smallest absolute Gasteiger partial charge is 0.134 e. The normalized spacial score (nSPS) is 8.18. The van der Waals surface area contributed by atoms with Crippen LogP contribution >= 0.6 is 22.6 Å². The highest BCUT2D eigenvalue weighted by molar-refractivity contribution is 14.1. The van der Waals surface area contributed by atoms with Gasteiger partial charge in [-0.15, -0.1) is 0 Å². The lowest BCUT2D eigenvalue weighted by Gasteiger charge is -2.00. The number of rotatable bonds is 1. The van der Waals surface area contributed by atoms with Crippen molar-refractivity contribution >= 4 is 22.6 Å². The maximum absolute atomic E-state index is 5.09. The van der Waals surface area contributed by atoms with E-state index in [1.165, 1.54) is 0 Å². The van der Waals surface area contributed by atoms with Crippen LogP contribution in [0.15, 0.2) is 24.3 Å². The van der Waals surface area contributed by atoms with Crippen LogP contribution in [0, 0.1) is 9.85 Å². The third-order valence-electron chi connectivity index (χ3n) is 1.29. The van der Waals surface area contributed by atoms with Gasteiger partial charge < -0.3 is 4.74 Å². The first-order valence-electron chi connectivity index (χ1n) is 3.13. The number of ether oxygens (including phenoxy) is 1. The van der Waals surface area contributed by atoms with Gasteiger partial charge in [-0.05, 0) is 16.1 Å².